The van der Waals surface area contributed by atoms with Gasteiger partial charge in [0.15, 0.2) is 0 Å². The highest BCUT2D eigenvalue weighted by atomic mass is 15.2. The Labute approximate surface area is 117 Å². The third kappa shape index (κ3) is 4.02. The summed E-state index contributed by atoms with van der Waals surface area (Å²) in [5.41, 5.74) is 1.67. The molecule has 1 fully saturated rings. The van der Waals surface area contributed by atoms with Gasteiger partial charge in [-0.25, -0.2) is 0 Å². The molecule has 0 spiro atoms. The molecule has 106 valence electrons. The maximum Gasteiger partial charge on any atom is 0.0303 e. The van der Waals surface area contributed by atoms with Gasteiger partial charge in [0.25, 0.3) is 0 Å². The van der Waals surface area contributed by atoms with Crippen molar-refractivity contribution in [2.45, 2.75) is 45.1 Å². The Bertz CT molecular complexity index is 360. The van der Waals surface area contributed by atoms with Crippen LogP contribution in [0.2, 0.25) is 0 Å². The van der Waals surface area contributed by atoms with Crippen LogP contribution in [0.5, 0.6) is 0 Å². The highest BCUT2D eigenvalue weighted by molar-refractivity contribution is 5.08. The van der Waals surface area contributed by atoms with Crippen molar-refractivity contribution >= 4 is 0 Å². The minimum absolute atomic E-state index is 0.325. The average molecular weight is 261 g/mol. The summed E-state index contributed by atoms with van der Waals surface area (Å²) in [5, 5.41) is 3.77. The van der Waals surface area contributed by atoms with Crippen molar-refractivity contribution in [3.05, 3.63) is 30.1 Å². The zero-order valence-electron chi connectivity index (χ0n) is 12.4. The Morgan fingerprint density at radius 3 is 2.89 bits per heavy atom. The smallest absolute Gasteiger partial charge is 0.0303 e. The van der Waals surface area contributed by atoms with Crippen LogP contribution in [0.25, 0.3) is 0 Å². The van der Waals surface area contributed by atoms with Gasteiger partial charge in [-0.2, -0.15) is 0 Å². The molecular formula is C16H27N3. The SMILES string of the molecule is CCC1(CC)CN(CCc2cccnc2)CCCN1. The Morgan fingerprint density at radius 2 is 2.21 bits per heavy atom. The number of hydrogen-bond donors (Lipinski definition) is 1. The zero-order chi connectivity index (χ0) is 13.6. The van der Waals surface area contributed by atoms with Crippen LogP contribution in [0.15, 0.2) is 24.5 Å². The first-order valence-corrected chi connectivity index (χ1v) is 7.64. The summed E-state index contributed by atoms with van der Waals surface area (Å²) >= 11 is 0. The molecular weight excluding hydrogens is 234 g/mol. The van der Waals surface area contributed by atoms with Crippen molar-refractivity contribution < 1.29 is 0 Å². The second kappa shape index (κ2) is 7.01. The van der Waals surface area contributed by atoms with E-state index in [-0.39, 0.29) is 0 Å². The third-order valence-corrected chi connectivity index (χ3v) is 4.47. The predicted molar refractivity (Wildman–Crippen MR) is 80.3 cm³/mol. The largest absolute Gasteiger partial charge is 0.310 e. The van der Waals surface area contributed by atoms with Crippen LogP contribution in [0.4, 0.5) is 0 Å². The zero-order valence-corrected chi connectivity index (χ0v) is 12.4. The van der Waals surface area contributed by atoms with Crippen molar-refractivity contribution in [3.63, 3.8) is 0 Å². The Kier molecular flexibility index (Phi) is 5.34. The third-order valence-electron chi connectivity index (χ3n) is 4.47. The van der Waals surface area contributed by atoms with Gasteiger partial charge in [0, 0.05) is 31.0 Å². The molecule has 0 radical (unpaired) electrons. The number of pyridine rings is 1. The maximum absolute atomic E-state index is 4.20. The van der Waals surface area contributed by atoms with E-state index in [0.717, 1.165) is 19.5 Å². The van der Waals surface area contributed by atoms with Gasteiger partial charge < -0.3 is 10.2 Å². The summed E-state index contributed by atoms with van der Waals surface area (Å²) in [6, 6.07) is 4.21. The molecule has 0 saturated carbocycles. The van der Waals surface area contributed by atoms with Crippen LogP contribution >= 0.6 is 0 Å². The van der Waals surface area contributed by atoms with Gasteiger partial charge in [-0.15, -0.1) is 0 Å². The van der Waals surface area contributed by atoms with Crippen LogP contribution in [0.3, 0.4) is 0 Å². The van der Waals surface area contributed by atoms with E-state index in [1.54, 1.807) is 0 Å². The number of hydrogen-bond acceptors (Lipinski definition) is 3. The van der Waals surface area contributed by atoms with Crippen molar-refractivity contribution in [1.82, 2.24) is 15.2 Å². The molecule has 2 rings (SSSR count). The average Bonchev–Trinajstić information content (AvgIpc) is 2.69. The molecule has 2 heterocycles. The molecule has 0 atom stereocenters. The number of nitrogens with one attached hydrogen (secondary N) is 1. The molecule has 1 aromatic rings. The molecule has 1 aliphatic heterocycles. The van der Waals surface area contributed by atoms with Gasteiger partial charge in [0.2, 0.25) is 0 Å². The summed E-state index contributed by atoms with van der Waals surface area (Å²) in [5.74, 6) is 0. The highest BCUT2D eigenvalue weighted by Crippen LogP contribution is 2.19. The van der Waals surface area contributed by atoms with E-state index in [9.17, 15) is 0 Å². The minimum atomic E-state index is 0.325. The molecule has 3 heteroatoms. The molecule has 1 aromatic heterocycles. The van der Waals surface area contributed by atoms with Crippen LogP contribution in [0.1, 0.15) is 38.7 Å². The number of aromatic nitrogens is 1. The van der Waals surface area contributed by atoms with Crippen LogP contribution in [-0.2, 0) is 6.42 Å². The van der Waals surface area contributed by atoms with Crippen molar-refractivity contribution in [1.29, 1.82) is 0 Å². The molecule has 1 saturated heterocycles. The molecule has 1 N–H and O–H groups in total. The summed E-state index contributed by atoms with van der Waals surface area (Å²) in [6.07, 6.45) is 8.63. The van der Waals surface area contributed by atoms with E-state index in [4.69, 9.17) is 0 Å². The second-order valence-corrected chi connectivity index (χ2v) is 5.66. The molecule has 0 amide bonds. The predicted octanol–water partition coefficient (Wildman–Crippen LogP) is 2.48. The highest BCUT2D eigenvalue weighted by Gasteiger charge is 2.29. The normalized spacial score (nSPS) is 20.1. The fraction of sp³-hybridized carbons (Fsp3) is 0.688. The molecule has 19 heavy (non-hydrogen) atoms. The molecule has 0 aromatic carbocycles. The van der Waals surface area contributed by atoms with Gasteiger partial charge in [-0.1, -0.05) is 19.9 Å². The van der Waals surface area contributed by atoms with Crippen molar-refractivity contribution in [2.24, 2.45) is 0 Å². The fourth-order valence-electron chi connectivity index (χ4n) is 2.97. The van der Waals surface area contributed by atoms with Crippen molar-refractivity contribution in [3.8, 4) is 0 Å². The monoisotopic (exact) mass is 261 g/mol. The first-order chi connectivity index (χ1) is 9.28. The minimum Gasteiger partial charge on any atom is -0.310 e. The van der Waals surface area contributed by atoms with Crippen LogP contribution in [-0.4, -0.2) is 41.6 Å². The first-order valence-electron chi connectivity index (χ1n) is 7.64. The lowest BCUT2D eigenvalue weighted by molar-refractivity contribution is 0.199. The first kappa shape index (κ1) is 14.5. The van der Waals surface area contributed by atoms with Gasteiger partial charge in [0.05, 0.1) is 0 Å². The lowest BCUT2D eigenvalue weighted by Crippen LogP contribution is -2.50. The summed E-state index contributed by atoms with van der Waals surface area (Å²) < 4.78 is 0. The molecule has 1 aliphatic rings. The van der Waals surface area contributed by atoms with E-state index in [2.05, 4.69) is 35.1 Å². The Morgan fingerprint density at radius 1 is 1.37 bits per heavy atom. The topological polar surface area (TPSA) is 28.2 Å². The second-order valence-electron chi connectivity index (χ2n) is 5.66. The van der Waals surface area contributed by atoms with Gasteiger partial charge in [-0.3, -0.25) is 4.98 Å². The number of rotatable bonds is 5. The number of nitrogens with zero attached hydrogens (tertiary/aromatic N) is 2. The molecule has 0 aliphatic carbocycles. The molecule has 0 unspecified atom stereocenters. The lowest BCUT2D eigenvalue weighted by Gasteiger charge is -2.35. The molecule has 3 nitrogen and oxygen atoms in total. The Hall–Kier alpha value is -0.930. The van der Waals surface area contributed by atoms with Crippen LogP contribution in [0, 0.1) is 0 Å². The van der Waals surface area contributed by atoms with E-state index in [0.29, 0.717) is 5.54 Å². The van der Waals surface area contributed by atoms with Gasteiger partial charge in [-0.05, 0) is 50.4 Å². The van der Waals surface area contributed by atoms with E-state index >= 15 is 0 Å². The van der Waals surface area contributed by atoms with Gasteiger partial charge >= 0.3 is 0 Å². The standard InChI is InChI=1S/C16H27N3/c1-3-16(4-2)14-19(11-6-10-18-16)12-8-15-7-5-9-17-13-15/h5,7,9,13,18H,3-4,6,8,10-12,14H2,1-2H3. The van der Waals surface area contributed by atoms with Gasteiger partial charge in [0.1, 0.15) is 0 Å². The van der Waals surface area contributed by atoms with E-state index in [1.165, 1.54) is 37.9 Å². The summed E-state index contributed by atoms with van der Waals surface area (Å²) in [4.78, 5) is 6.82. The van der Waals surface area contributed by atoms with Crippen molar-refractivity contribution in [2.75, 3.05) is 26.2 Å². The van der Waals surface area contributed by atoms with E-state index in [1.807, 2.05) is 18.5 Å². The molecule has 0 bridgehead atoms. The van der Waals surface area contributed by atoms with Crippen LogP contribution < -0.4 is 5.32 Å². The maximum atomic E-state index is 4.20. The summed E-state index contributed by atoms with van der Waals surface area (Å²) in [7, 11) is 0. The Balaban J connectivity index is 1.92. The van der Waals surface area contributed by atoms with E-state index < -0.39 is 0 Å². The summed E-state index contributed by atoms with van der Waals surface area (Å²) in [6.45, 7) is 9.32. The fourth-order valence-corrected chi connectivity index (χ4v) is 2.97. The quantitative estimate of drug-likeness (QED) is 0.882. The lowest BCUT2D eigenvalue weighted by atomic mass is 9.92.